The third kappa shape index (κ3) is 6.45. The molecule has 0 spiro atoms. The highest BCUT2D eigenvalue weighted by molar-refractivity contribution is 6.25. The summed E-state index contributed by atoms with van der Waals surface area (Å²) in [7, 11) is 0. The molecule has 4 heterocycles. The molecule has 0 aliphatic heterocycles. The molecule has 0 radical (unpaired) electrons. The number of fused-ring (bicyclic) bond motifs is 9. The number of pyridine rings is 1. The number of hydrogen-bond donors (Lipinski definition) is 2. The Labute approximate surface area is 382 Å². The number of anilines is 4. The highest BCUT2D eigenvalue weighted by Gasteiger charge is 2.23. The Kier molecular flexibility index (Phi) is 7.51. The Hall–Kier alpha value is -7.51. The molecular formula is C57H52N6O. The van der Waals surface area contributed by atoms with Gasteiger partial charge in [0.15, 0.2) is 0 Å². The second-order valence-electron chi connectivity index (χ2n) is 18.8. The van der Waals surface area contributed by atoms with Gasteiger partial charge in [-0.3, -0.25) is 4.57 Å². The predicted molar refractivity (Wildman–Crippen MR) is 270 cm³/mol. The SMILES string of the molecule is [2H]C([2H])([2H])n1c2ccccc2c2cc3c4ccccc4n(C([2H])([2H])[2H])c3c(Nc3ccccc3Nc3cccc(Oc4ccc5c6cc(C(C)(C)C)ccc6n(-c6cc(C(C)(C)C)ccn6)c5c4)c3)c21. The minimum absolute atomic E-state index is 0.0335. The fourth-order valence-electron chi connectivity index (χ4n) is 9.24. The van der Waals surface area contributed by atoms with E-state index in [4.69, 9.17) is 17.9 Å². The molecule has 0 saturated carbocycles. The average Bonchev–Trinajstić information content (AvgIpc) is 3.95. The molecule has 0 aliphatic carbocycles. The van der Waals surface area contributed by atoms with Crippen molar-refractivity contribution >= 4 is 88.2 Å². The van der Waals surface area contributed by atoms with Crippen LogP contribution in [0.4, 0.5) is 22.7 Å². The van der Waals surface area contributed by atoms with Gasteiger partial charge in [-0.25, -0.2) is 4.98 Å². The molecule has 0 fully saturated rings. The van der Waals surface area contributed by atoms with Gasteiger partial charge >= 0.3 is 0 Å². The molecule has 11 aromatic rings. The topological polar surface area (TPSA) is 61.0 Å². The lowest BCUT2D eigenvalue weighted by molar-refractivity contribution is 0.483. The summed E-state index contributed by atoms with van der Waals surface area (Å²) in [6.45, 7) is 8.11. The molecule has 2 N–H and O–H groups in total. The normalized spacial score (nSPS) is 14.2. The summed E-state index contributed by atoms with van der Waals surface area (Å²) < 4.78 is 64.4. The van der Waals surface area contributed by atoms with E-state index in [2.05, 4.69) is 99.2 Å². The summed E-state index contributed by atoms with van der Waals surface area (Å²) in [5.74, 6) is 2.10. The molecule has 7 nitrogen and oxygen atoms in total. The number of aryl methyl sites for hydroxylation is 2. The fraction of sp³-hybridized carbons (Fsp3) is 0.175. The molecule has 4 aromatic heterocycles. The van der Waals surface area contributed by atoms with E-state index >= 15 is 0 Å². The summed E-state index contributed by atoms with van der Waals surface area (Å²) in [5.41, 5.74) is 8.52. The standard InChI is InChI=1S/C57H52N6O/c1-56(2,3)35-24-27-50-43(30-35)42-26-25-39(33-51(42)63(50)52-31-36(28-29-58-52)57(4,5)6)64-38-17-15-16-37(32-38)59-46-20-11-12-21-47(46)60-53-54-44(40-18-9-13-22-48(40)61(54)7)34-45-41-19-10-14-23-49(41)62(8)55(45)53/h9-34,59-60H,1-8H3/i7D3,8D3. The van der Waals surface area contributed by atoms with Crippen molar-refractivity contribution in [1.82, 2.24) is 18.7 Å². The van der Waals surface area contributed by atoms with Gasteiger partial charge in [0.2, 0.25) is 0 Å². The van der Waals surface area contributed by atoms with Gasteiger partial charge in [-0.2, -0.15) is 0 Å². The van der Waals surface area contributed by atoms with Gasteiger partial charge in [-0.05, 0) is 101 Å². The van der Waals surface area contributed by atoms with Crippen LogP contribution in [0.3, 0.4) is 0 Å². The van der Waals surface area contributed by atoms with E-state index in [1.807, 2.05) is 103 Å². The molecule has 0 bridgehead atoms. The van der Waals surface area contributed by atoms with Crippen molar-refractivity contribution in [2.45, 2.75) is 52.4 Å². The van der Waals surface area contributed by atoms with Crippen molar-refractivity contribution in [1.29, 1.82) is 0 Å². The Morgan fingerprint density at radius 3 is 1.77 bits per heavy atom. The summed E-state index contributed by atoms with van der Waals surface area (Å²) >= 11 is 0. The lowest BCUT2D eigenvalue weighted by atomic mass is 9.86. The van der Waals surface area contributed by atoms with E-state index in [-0.39, 0.29) is 10.8 Å². The van der Waals surface area contributed by atoms with E-state index < -0.39 is 14.0 Å². The molecule has 7 heteroatoms. The summed E-state index contributed by atoms with van der Waals surface area (Å²) in [6.07, 6.45) is 1.89. The number of benzene rings is 7. The highest BCUT2D eigenvalue weighted by atomic mass is 16.5. The van der Waals surface area contributed by atoms with Gasteiger partial charge in [-0.1, -0.05) is 102 Å². The number of ether oxygens (including phenoxy) is 1. The Bertz CT molecular complexity index is 3770. The summed E-state index contributed by atoms with van der Waals surface area (Å²) in [6, 6.07) is 49.2. The maximum atomic E-state index is 8.81. The number of nitrogens with zero attached hydrogens (tertiary/aromatic N) is 4. The number of nitrogens with one attached hydrogen (secondary N) is 2. The first-order valence-corrected chi connectivity index (χ1v) is 21.7. The van der Waals surface area contributed by atoms with Gasteiger partial charge in [0.05, 0.1) is 39.1 Å². The zero-order chi connectivity index (χ0) is 49.1. The molecule has 0 saturated heterocycles. The van der Waals surface area contributed by atoms with E-state index in [1.165, 1.54) is 20.3 Å². The van der Waals surface area contributed by atoms with E-state index in [0.29, 0.717) is 61.4 Å². The van der Waals surface area contributed by atoms with Crippen LogP contribution in [-0.4, -0.2) is 18.7 Å². The van der Waals surface area contributed by atoms with Crippen molar-refractivity contribution in [3.63, 3.8) is 0 Å². The van der Waals surface area contributed by atoms with Crippen molar-refractivity contribution in [2.75, 3.05) is 10.6 Å². The van der Waals surface area contributed by atoms with E-state index in [1.54, 1.807) is 12.1 Å². The minimum Gasteiger partial charge on any atom is -0.457 e. The molecule has 0 atom stereocenters. The maximum absolute atomic E-state index is 8.81. The molecule has 64 heavy (non-hydrogen) atoms. The van der Waals surface area contributed by atoms with E-state index in [9.17, 15) is 0 Å². The first kappa shape index (κ1) is 33.1. The van der Waals surface area contributed by atoms with Crippen LogP contribution in [0.15, 0.2) is 158 Å². The second-order valence-corrected chi connectivity index (χ2v) is 18.8. The van der Waals surface area contributed by atoms with Crippen LogP contribution < -0.4 is 15.4 Å². The Morgan fingerprint density at radius 1 is 0.484 bits per heavy atom. The predicted octanol–water partition coefficient (Wildman–Crippen LogP) is 15.3. The third-order valence-electron chi connectivity index (χ3n) is 12.6. The van der Waals surface area contributed by atoms with Crippen LogP contribution in [0.1, 0.15) is 60.9 Å². The second kappa shape index (κ2) is 14.5. The van der Waals surface area contributed by atoms with Crippen LogP contribution in [0, 0.1) is 0 Å². The molecular weight excluding hydrogens is 785 g/mol. The van der Waals surface area contributed by atoms with Crippen molar-refractivity contribution < 1.29 is 13.0 Å². The lowest BCUT2D eigenvalue weighted by Gasteiger charge is -2.20. The largest absolute Gasteiger partial charge is 0.457 e. The smallest absolute Gasteiger partial charge is 0.137 e. The van der Waals surface area contributed by atoms with Gasteiger partial charge in [-0.15, -0.1) is 0 Å². The Balaban J connectivity index is 1.00. The summed E-state index contributed by atoms with van der Waals surface area (Å²) in [5, 5.41) is 12.3. The minimum atomic E-state index is -2.61. The van der Waals surface area contributed by atoms with Crippen molar-refractivity contribution in [2.24, 2.45) is 14.0 Å². The Morgan fingerprint density at radius 2 is 1.09 bits per heavy atom. The molecule has 316 valence electrons. The van der Waals surface area contributed by atoms with Crippen LogP contribution >= 0.6 is 0 Å². The van der Waals surface area contributed by atoms with Crippen molar-refractivity contribution in [3.05, 3.63) is 169 Å². The molecule has 11 rings (SSSR count). The quantitative estimate of drug-likeness (QED) is 0.168. The molecule has 0 aliphatic rings. The zero-order valence-corrected chi connectivity index (χ0v) is 36.7. The van der Waals surface area contributed by atoms with Crippen LogP contribution in [0.5, 0.6) is 11.5 Å². The van der Waals surface area contributed by atoms with Crippen LogP contribution in [-0.2, 0) is 24.8 Å². The van der Waals surface area contributed by atoms with Crippen LogP contribution in [0.2, 0.25) is 0 Å². The van der Waals surface area contributed by atoms with Gasteiger partial charge in [0, 0.05) is 89.5 Å². The molecule has 0 unspecified atom stereocenters. The van der Waals surface area contributed by atoms with E-state index in [0.717, 1.165) is 44.1 Å². The van der Waals surface area contributed by atoms with Gasteiger partial charge in [0.1, 0.15) is 17.3 Å². The lowest BCUT2D eigenvalue weighted by Crippen LogP contribution is -2.12. The molecule has 0 amide bonds. The summed E-state index contributed by atoms with van der Waals surface area (Å²) in [4.78, 5) is 4.90. The maximum Gasteiger partial charge on any atom is 0.137 e. The van der Waals surface area contributed by atoms with Crippen LogP contribution in [0.25, 0.3) is 71.2 Å². The monoisotopic (exact) mass is 842 g/mol. The fourth-order valence-corrected chi connectivity index (χ4v) is 9.24. The number of para-hydroxylation sites is 4. The average molecular weight is 843 g/mol. The van der Waals surface area contributed by atoms with Gasteiger partial charge < -0.3 is 24.5 Å². The first-order valence-electron chi connectivity index (χ1n) is 24.7. The zero-order valence-electron chi connectivity index (χ0n) is 42.7. The first-order chi connectivity index (χ1) is 33.2. The van der Waals surface area contributed by atoms with Gasteiger partial charge in [0.25, 0.3) is 0 Å². The van der Waals surface area contributed by atoms with Crippen molar-refractivity contribution in [3.8, 4) is 17.3 Å². The number of aromatic nitrogens is 4. The molecule has 7 aromatic carbocycles. The number of hydrogen-bond acceptors (Lipinski definition) is 4. The highest BCUT2D eigenvalue weighted by Crippen LogP contribution is 2.45. The number of rotatable bonds is 7. The third-order valence-corrected chi connectivity index (χ3v) is 12.6.